The van der Waals surface area contributed by atoms with E-state index >= 15 is 0 Å². The van der Waals surface area contributed by atoms with Gasteiger partial charge in [0.15, 0.2) is 15.5 Å². The Kier molecular flexibility index (Phi) is 5.68. The summed E-state index contributed by atoms with van der Waals surface area (Å²) in [5.74, 6) is -0.217. The highest BCUT2D eigenvalue weighted by atomic mass is 32.2. The number of amides is 1. The lowest BCUT2D eigenvalue weighted by Crippen LogP contribution is -2.44. The summed E-state index contributed by atoms with van der Waals surface area (Å²) in [5, 5.41) is 0. The van der Waals surface area contributed by atoms with Gasteiger partial charge in [-0.3, -0.25) is 14.8 Å². The van der Waals surface area contributed by atoms with Gasteiger partial charge in [0.05, 0.1) is 21.9 Å². The molecule has 1 spiro atoms. The number of sulfone groups is 1. The van der Waals surface area contributed by atoms with E-state index in [4.69, 9.17) is 4.99 Å². The minimum absolute atomic E-state index is 0.142. The first-order valence-corrected chi connectivity index (χ1v) is 12.2. The number of alkyl halides is 3. The molecule has 0 radical (unpaired) electrons. The fourth-order valence-electron chi connectivity index (χ4n) is 4.11. The van der Waals surface area contributed by atoms with E-state index in [0.29, 0.717) is 48.5 Å². The minimum Gasteiger partial charge on any atom is -0.338 e. The number of likely N-dealkylation sites (tertiary alicyclic amines) is 1. The molecule has 0 unspecified atom stereocenters. The van der Waals surface area contributed by atoms with Crippen molar-refractivity contribution in [3.05, 3.63) is 65.2 Å². The predicted octanol–water partition coefficient (Wildman–Crippen LogP) is 4.01. The van der Waals surface area contributed by atoms with Gasteiger partial charge in [-0.2, -0.15) is 13.2 Å². The van der Waals surface area contributed by atoms with Crippen LogP contribution in [0.4, 0.5) is 13.2 Å². The van der Waals surface area contributed by atoms with Crippen molar-refractivity contribution in [1.29, 1.82) is 0 Å². The van der Waals surface area contributed by atoms with Crippen molar-refractivity contribution in [3.8, 4) is 0 Å². The van der Waals surface area contributed by atoms with Crippen LogP contribution in [0.1, 0.15) is 41.3 Å². The number of aliphatic imine (C=N–C) groups is 2. The molecule has 1 amide bonds. The Morgan fingerprint density at radius 2 is 1.67 bits per heavy atom. The smallest absolute Gasteiger partial charge is 0.338 e. The second-order valence-electron chi connectivity index (χ2n) is 8.31. The quantitative estimate of drug-likeness (QED) is 0.670. The third-order valence-electron chi connectivity index (χ3n) is 5.88. The molecule has 6 nitrogen and oxygen atoms in total. The fourth-order valence-corrected chi connectivity index (χ4v) is 4.74. The number of benzene rings is 2. The molecule has 2 aromatic rings. The van der Waals surface area contributed by atoms with Gasteiger partial charge in [-0.1, -0.05) is 12.1 Å². The Hall–Kier alpha value is -3.01. The van der Waals surface area contributed by atoms with E-state index in [9.17, 15) is 26.4 Å². The van der Waals surface area contributed by atoms with E-state index in [2.05, 4.69) is 4.99 Å². The minimum atomic E-state index is -4.44. The van der Waals surface area contributed by atoms with E-state index in [0.717, 1.165) is 18.4 Å². The number of carbonyl (C=O) groups excluding carboxylic acids is 1. The molecule has 33 heavy (non-hydrogen) atoms. The number of halogens is 3. The van der Waals surface area contributed by atoms with Gasteiger partial charge in [-0.25, -0.2) is 8.42 Å². The van der Waals surface area contributed by atoms with Crippen LogP contribution in [-0.2, 0) is 16.0 Å². The number of rotatable bonds is 3. The molecule has 2 aliphatic heterocycles. The first-order chi connectivity index (χ1) is 15.4. The predicted molar refractivity (Wildman–Crippen MR) is 119 cm³/mol. The van der Waals surface area contributed by atoms with E-state index < -0.39 is 27.2 Å². The van der Waals surface area contributed by atoms with Crippen molar-refractivity contribution in [1.82, 2.24) is 4.90 Å². The third-order valence-corrected chi connectivity index (χ3v) is 7.01. The Labute approximate surface area is 189 Å². The summed E-state index contributed by atoms with van der Waals surface area (Å²) in [7, 11) is -3.35. The lowest BCUT2D eigenvalue weighted by Gasteiger charge is -2.35. The summed E-state index contributed by atoms with van der Waals surface area (Å²) in [6.07, 6.45) is -2.45. The van der Waals surface area contributed by atoms with Crippen LogP contribution in [0, 0.1) is 0 Å². The summed E-state index contributed by atoms with van der Waals surface area (Å²) in [5.41, 5.74) is 0.247. The van der Waals surface area contributed by atoms with E-state index in [1.807, 2.05) is 0 Å². The Morgan fingerprint density at radius 3 is 2.24 bits per heavy atom. The van der Waals surface area contributed by atoms with Gasteiger partial charge in [-0.05, 0) is 43.3 Å². The zero-order valence-electron chi connectivity index (χ0n) is 18.1. The topological polar surface area (TPSA) is 79.2 Å². The molecular formula is C23H22F3N3O3S. The molecule has 1 saturated heterocycles. The van der Waals surface area contributed by atoms with Crippen LogP contribution in [0.5, 0.6) is 0 Å². The summed E-state index contributed by atoms with van der Waals surface area (Å²) in [4.78, 5) is 24.0. The fraction of sp³-hybridized carbons (Fsp3) is 0.348. The standard InChI is InChI=1S/C23H22F3N3O3S/c1-15-20(17-4-3-5-18(14-17)23(24,25)26)28-22(27-15)10-12-29(13-11-22)21(30)16-6-8-19(9-7-16)33(2,31)32/h3-9,14H,10-13H2,1-2H3. The number of nitrogens with zero attached hydrogens (tertiary/aromatic N) is 3. The number of hydrogen-bond donors (Lipinski definition) is 0. The van der Waals surface area contributed by atoms with Crippen LogP contribution < -0.4 is 0 Å². The van der Waals surface area contributed by atoms with Crippen LogP contribution in [0.15, 0.2) is 63.4 Å². The average molecular weight is 478 g/mol. The number of carbonyl (C=O) groups is 1. The second-order valence-corrected chi connectivity index (χ2v) is 10.3. The van der Waals surface area contributed by atoms with Crippen LogP contribution in [0.2, 0.25) is 0 Å². The van der Waals surface area contributed by atoms with Gasteiger partial charge in [0, 0.05) is 43.3 Å². The highest BCUT2D eigenvalue weighted by Crippen LogP contribution is 2.35. The van der Waals surface area contributed by atoms with Crippen molar-refractivity contribution < 1.29 is 26.4 Å². The van der Waals surface area contributed by atoms with Crippen molar-refractivity contribution in [3.63, 3.8) is 0 Å². The van der Waals surface area contributed by atoms with Crippen molar-refractivity contribution in [2.75, 3.05) is 19.3 Å². The van der Waals surface area contributed by atoms with Gasteiger partial charge < -0.3 is 4.90 Å². The van der Waals surface area contributed by atoms with E-state index in [-0.39, 0.29) is 10.8 Å². The molecule has 0 aliphatic carbocycles. The van der Waals surface area contributed by atoms with E-state index in [1.54, 1.807) is 17.9 Å². The lowest BCUT2D eigenvalue weighted by molar-refractivity contribution is -0.137. The highest BCUT2D eigenvalue weighted by molar-refractivity contribution is 7.90. The maximum absolute atomic E-state index is 13.1. The van der Waals surface area contributed by atoms with E-state index in [1.165, 1.54) is 30.3 Å². The Morgan fingerprint density at radius 1 is 1.03 bits per heavy atom. The first kappa shape index (κ1) is 23.2. The van der Waals surface area contributed by atoms with Gasteiger partial charge in [-0.15, -0.1) is 0 Å². The molecule has 174 valence electrons. The Bertz CT molecular complexity index is 1260. The first-order valence-electron chi connectivity index (χ1n) is 10.3. The normalized spacial score (nSPS) is 18.3. The maximum Gasteiger partial charge on any atom is 0.416 e. The van der Waals surface area contributed by atoms with Gasteiger partial charge in [0.1, 0.15) is 0 Å². The molecule has 4 rings (SSSR count). The SMILES string of the molecule is CC1=NC2(CCN(C(=O)c3ccc(S(C)(=O)=O)cc3)CC2)N=C1c1cccc(C(F)(F)F)c1. The van der Waals surface area contributed by atoms with Crippen molar-refractivity contribution in [2.24, 2.45) is 9.98 Å². The Balaban J connectivity index is 1.49. The molecule has 0 atom stereocenters. The van der Waals surface area contributed by atoms with Gasteiger partial charge in [0.25, 0.3) is 5.91 Å². The third kappa shape index (κ3) is 4.71. The highest BCUT2D eigenvalue weighted by Gasteiger charge is 2.40. The zero-order chi connectivity index (χ0) is 24.0. The van der Waals surface area contributed by atoms with Gasteiger partial charge in [0.2, 0.25) is 0 Å². The lowest BCUT2D eigenvalue weighted by atomic mass is 9.97. The summed E-state index contributed by atoms with van der Waals surface area (Å²) in [6, 6.07) is 10.8. The van der Waals surface area contributed by atoms with Gasteiger partial charge >= 0.3 is 6.18 Å². The van der Waals surface area contributed by atoms with Crippen LogP contribution in [0.3, 0.4) is 0 Å². The summed E-state index contributed by atoms with van der Waals surface area (Å²) in [6.45, 7) is 2.49. The van der Waals surface area contributed by atoms with Crippen molar-refractivity contribution >= 4 is 27.2 Å². The monoisotopic (exact) mass is 477 g/mol. The molecule has 10 heteroatoms. The maximum atomic E-state index is 13.1. The summed E-state index contributed by atoms with van der Waals surface area (Å²) < 4.78 is 62.5. The molecule has 2 aliphatic rings. The number of piperidine rings is 1. The van der Waals surface area contributed by atoms with Crippen LogP contribution >= 0.6 is 0 Å². The zero-order valence-corrected chi connectivity index (χ0v) is 18.9. The molecule has 0 bridgehead atoms. The molecular weight excluding hydrogens is 455 g/mol. The molecule has 0 aromatic heterocycles. The average Bonchev–Trinajstić information content (AvgIpc) is 3.08. The van der Waals surface area contributed by atoms with Crippen molar-refractivity contribution in [2.45, 2.75) is 36.5 Å². The molecule has 2 heterocycles. The molecule has 1 fully saturated rings. The molecule has 0 N–H and O–H groups in total. The van der Waals surface area contributed by atoms with Crippen LogP contribution in [-0.4, -0.2) is 55.7 Å². The van der Waals surface area contributed by atoms with Crippen LogP contribution in [0.25, 0.3) is 0 Å². The molecule has 2 aromatic carbocycles. The second kappa shape index (κ2) is 8.09. The largest absolute Gasteiger partial charge is 0.416 e. The summed E-state index contributed by atoms with van der Waals surface area (Å²) >= 11 is 0. The number of hydrogen-bond acceptors (Lipinski definition) is 5. The molecule has 0 saturated carbocycles.